The maximum atomic E-state index is 9.28. The Labute approximate surface area is 109 Å². The van der Waals surface area contributed by atoms with E-state index in [1.54, 1.807) is 0 Å². The Morgan fingerprint density at radius 2 is 0.938 bits per heavy atom. The number of carboxylic acid groups (broad SMARTS) is 2. The van der Waals surface area contributed by atoms with Crippen LogP contribution in [0.1, 0.15) is 6.42 Å². The molecule has 0 unspecified atom stereocenters. The molecule has 0 aromatic heterocycles. The number of rotatable bonds is 4. The molecule has 0 aliphatic carbocycles. The maximum absolute atomic E-state index is 9.28. The average molecular weight is 417 g/mol. The average Bonchev–Trinajstić information content (AvgIpc) is 2.16. The smallest absolute Gasteiger partial charge is 0.550 e. The number of aliphatic carboxylic acids is 2. The predicted octanol–water partition coefficient (Wildman–Crippen LogP) is -5.32. The molecular weight excluding hydrogens is 399 g/mol. The molecule has 0 rings (SSSR count). The summed E-state index contributed by atoms with van der Waals surface area (Å²) in [6, 6.07) is 0. The quantitative estimate of drug-likeness (QED) is 0.327. The summed E-state index contributed by atoms with van der Waals surface area (Å²) in [4.78, 5) is 18.6. The van der Waals surface area contributed by atoms with Gasteiger partial charge >= 0.3 is 21.1 Å². The van der Waals surface area contributed by atoms with E-state index in [0.717, 1.165) is 0 Å². The SMILES string of the molecule is NCCN.NCCN.O=C([O-])CC(=O)[O-].[Pt+2]. The summed E-state index contributed by atoms with van der Waals surface area (Å²) >= 11 is 0. The molecule has 16 heavy (non-hydrogen) atoms. The molecule has 100 valence electrons. The first-order valence-corrected chi connectivity index (χ1v) is 4.16. The third-order valence-electron chi connectivity index (χ3n) is 0.622. The summed E-state index contributed by atoms with van der Waals surface area (Å²) in [5, 5.41) is 18.6. The van der Waals surface area contributed by atoms with Crippen molar-refractivity contribution in [1.82, 2.24) is 0 Å². The van der Waals surface area contributed by atoms with E-state index in [-0.39, 0.29) is 21.1 Å². The second kappa shape index (κ2) is 23.9. The van der Waals surface area contributed by atoms with Gasteiger partial charge in [0.05, 0.1) is 0 Å². The van der Waals surface area contributed by atoms with Crippen LogP contribution in [-0.2, 0) is 30.7 Å². The molecule has 0 aliphatic rings. The van der Waals surface area contributed by atoms with Crippen LogP contribution in [0, 0.1) is 0 Å². The molecule has 0 atom stereocenters. The van der Waals surface area contributed by atoms with Crippen LogP contribution in [0.2, 0.25) is 0 Å². The zero-order valence-electron chi connectivity index (χ0n) is 8.79. The minimum atomic E-state index is -1.63. The van der Waals surface area contributed by atoms with Crippen molar-refractivity contribution in [3.8, 4) is 0 Å². The van der Waals surface area contributed by atoms with E-state index < -0.39 is 18.4 Å². The molecule has 0 saturated heterocycles. The van der Waals surface area contributed by atoms with Crippen molar-refractivity contribution < 1.29 is 40.9 Å². The molecule has 0 fully saturated rings. The van der Waals surface area contributed by atoms with E-state index in [1.165, 1.54) is 0 Å². The first-order chi connectivity index (χ1) is 6.95. The number of hydrogen-bond acceptors (Lipinski definition) is 8. The Hall–Kier alpha value is -0.532. The molecule has 0 amide bonds. The molecule has 8 N–H and O–H groups in total. The molecule has 0 saturated carbocycles. The Morgan fingerprint density at radius 1 is 0.750 bits per heavy atom. The van der Waals surface area contributed by atoms with Gasteiger partial charge in [0.2, 0.25) is 0 Å². The summed E-state index contributed by atoms with van der Waals surface area (Å²) in [6.07, 6.45) is -1.03. The molecule has 0 aromatic carbocycles. The third kappa shape index (κ3) is 70.0. The number of nitrogens with two attached hydrogens (primary N) is 4. The van der Waals surface area contributed by atoms with Crippen LogP contribution in [0.25, 0.3) is 0 Å². The fraction of sp³-hybridized carbons (Fsp3) is 0.714. The van der Waals surface area contributed by atoms with Gasteiger partial charge in [-0.2, -0.15) is 0 Å². The van der Waals surface area contributed by atoms with Crippen LogP contribution < -0.4 is 33.1 Å². The molecule has 0 bridgehead atoms. The second-order valence-electron chi connectivity index (χ2n) is 2.08. The van der Waals surface area contributed by atoms with Gasteiger partial charge in [-0.3, -0.25) is 0 Å². The zero-order chi connectivity index (χ0) is 12.7. The number of hydrogen-bond donors (Lipinski definition) is 4. The Bertz CT molecular complexity index is 139. The van der Waals surface area contributed by atoms with Gasteiger partial charge in [0.25, 0.3) is 0 Å². The van der Waals surface area contributed by atoms with Crippen molar-refractivity contribution in [1.29, 1.82) is 0 Å². The largest absolute Gasteiger partial charge is 2.00 e. The van der Waals surface area contributed by atoms with Crippen LogP contribution >= 0.6 is 0 Å². The summed E-state index contributed by atoms with van der Waals surface area (Å²) in [7, 11) is 0. The molecule has 9 heteroatoms. The summed E-state index contributed by atoms with van der Waals surface area (Å²) in [5.41, 5.74) is 19.6. The Balaban J connectivity index is -0.0000000700. The second-order valence-corrected chi connectivity index (χ2v) is 2.08. The molecule has 0 aliphatic heterocycles. The Kier molecular flexibility index (Phi) is 36.9. The molecular formula is C7H18N4O4Pt. The van der Waals surface area contributed by atoms with Crippen molar-refractivity contribution in [2.45, 2.75) is 6.42 Å². The molecule has 0 radical (unpaired) electrons. The topological polar surface area (TPSA) is 184 Å². The van der Waals surface area contributed by atoms with Crippen LogP contribution in [0.5, 0.6) is 0 Å². The van der Waals surface area contributed by atoms with Crippen molar-refractivity contribution >= 4 is 11.9 Å². The van der Waals surface area contributed by atoms with Crippen LogP contribution in [0.15, 0.2) is 0 Å². The number of carbonyl (C=O) groups excluding carboxylic acids is 2. The van der Waals surface area contributed by atoms with Crippen molar-refractivity contribution in [2.75, 3.05) is 26.2 Å². The minimum absolute atomic E-state index is 0. The van der Waals surface area contributed by atoms with Gasteiger partial charge in [0, 0.05) is 44.5 Å². The fourth-order valence-electron chi connectivity index (χ4n) is 0.118. The first-order valence-electron chi connectivity index (χ1n) is 4.16. The molecule has 0 spiro atoms. The van der Waals surface area contributed by atoms with E-state index in [1.807, 2.05) is 0 Å². The van der Waals surface area contributed by atoms with Crippen LogP contribution in [0.4, 0.5) is 0 Å². The predicted molar refractivity (Wildman–Crippen MR) is 50.8 cm³/mol. The van der Waals surface area contributed by atoms with Gasteiger partial charge in [0.1, 0.15) is 0 Å². The summed E-state index contributed by atoms with van der Waals surface area (Å²) in [5.74, 6) is -3.25. The molecule has 0 aromatic rings. The van der Waals surface area contributed by atoms with Crippen molar-refractivity contribution in [3.63, 3.8) is 0 Å². The van der Waals surface area contributed by atoms with E-state index in [2.05, 4.69) is 0 Å². The van der Waals surface area contributed by atoms with E-state index in [9.17, 15) is 19.8 Å². The van der Waals surface area contributed by atoms with Crippen LogP contribution in [0.3, 0.4) is 0 Å². The maximum Gasteiger partial charge on any atom is 2.00 e. The monoisotopic (exact) mass is 417 g/mol. The molecule has 8 nitrogen and oxygen atoms in total. The van der Waals surface area contributed by atoms with Crippen molar-refractivity contribution in [3.05, 3.63) is 0 Å². The van der Waals surface area contributed by atoms with Gasteiger partial charge in [-0.25, -0.2) is 0 Å². The van der Waals surface area contributed by atoms with Gasteiger partial charge in [-0.15, -0.1) is 0 Å². The van der Waals surface area contributed by atoms with Gasteiger partial charge in [-0.1, -0.05) is 0 Å². The van der Waals surface area contributed by atoms with Gasteiger partial charge < -0.3 is 42.7 Å². The zero-order valence-corrected chi connectivity index (χ0v) is 11.1. The molecule has 0 heterocycles. The van der Waals surface area contributed by atoms with E-state index in [4.69, 9.17) is 22.9 Å². The summed E-state index contributed by atoms with van der Waals surface area (Å²) in [6.45, 7) is 2.39. The van der Waals surface area contributed by atoms with Gasteiger partial charge in [-0.05, 0) is 0 Å². The first kappa shape index (κ1) is 24.6. The normalized spacial score (nSPS) is 7.25. The van der Waals surface area contributed by atoms with Crippen molar-refractivity contribution in [2.24, 2.45) is 22.9 Å². The van der Waals surface area contributed by atoms with E-state index >= 15 is 0 Å². The minimum Gasteiger partial charge on any atom is -0.550 e. The number of carbonyl (C=O) groups is 2. The van der Waals surface area contributed by atoms with Crippen LogP contribution in [-0.4, -0.2) is 38.1 Å². The standard InChI is InChI=1S/C3H4O4.2C2H8N2.Pt/c4-2(5)1-3(6)7;2*3-1-2-4;/h1H2,(H,4,5)(H,6,7);2*1-4H2;/q;;;+2/p-2. The van der Waals surface area contributed by atoms with Gasteiger partial charge in [0.15, 0.2) is 0 Å². The summed E-state index contributed by atoms with van der Waals surface area (Å²) < 4.78 is 0. The third-order valence-corrected chi connectivity index (χ3v) is 0.622. The number of carboxylic acids is 2. The Morgan fingerprint density at radius 3 is 0.938 bits per heavy atom. The van der Waals surface area contributed by atoms with E-state index in [0.29, 0.717) is 26.2 Å². The fourth-order valence-corrected chi connectivity index (χ4v) is 0.118.